The van der Waals surface area contributed by atoms with Crippen molar-refractivity contribution in [3.8, 4) is 0 Å². The maximum absolute atomic E-state index is 11.5. The molecule has 0 unspecified atom stereocenters. The molecule has 0 aliphatic carbocycles. The molecule has 0 atom stereocenters. The Morgan fingerprint density at radius 3 is 2.58 bits per heavy atom. The number of amides is 2. The van der Waals surface area contributed by atoms with Gasteiger partial charge >= 0.3 is 6.03 Å². The van der Waals surface area contributed by atoms with Crippen LogP contribution in [0.1, 0.15) is 5.56 Å². The molecule has 0 saturated carbocycles. The second kappa shape index (κ2) is 9.32. The van der Waals surface area contributed by atoms with E-state index in [1.54, 1.807) is 7.11 Å². The number of benzene rings is 1. The number of ether oxygens (including phenoxy) is 2. The minimum Gasteiger partial charge on any atom is -0.382 e. The lowest BCUT2D eigenvalue weighted by Gasteiger charge is -2.08. The van der Waals surface area contributed by atoms with Gasteiger partial charge in [-0.2, -0.15) is 0 Å². The number of urea groups is 1. The third-order valence-electron chi connectivity index (χ3n) is 2.41. The summed E-state index contributed by atoms with van der Waals surface area (Å²) in [5.41, 5.74) is 7.25. The standard InChI is InChI=1S/C13H21N3O3/c1-18-8-9-19-7-6-15-13(17)16-12-4-2-11(10-14)3-5-12/h2-5H,6-10,14H2,1H3,(H2,15,16,17). The van der Waals surface area contributed by atoms with E-state index in [2.05, 4.69) is 10.6 Å². The molecule has 106 valence electrons. The van der Waals surface area contributed by atoms with Crippen molar-refractivity contribution < 1.29 is 14.3 Å². The molecular formula is C13H21N3O3. The molecule has 1 aromatic carbocycles. The highest BCUT2D eigenvalue weighted by atomic mass is 16.5. The van der Waals surface area contributed by atoms with Gasteiger partial charge < -0.3 is 25.8 Å². The van der Waals surface area contributed by atoms with Crippen LogP contribution in [-0.2, 0) is 16.0 Å². The number of methoxy groups -OCH3 is 1. The molecule has 1 aromatic rings. The van der Waals surface area contributed by atoms with Crippen LogP contribution in [0.2, 0.25) is 0 Å². The van der Waals surface area contributed by atoms with Gasteiger partial charge in [-0.15, -0.1) is 0 Å². The maximum Gasteiger partial charge on any atom is 0.319 e. The maximum atomic E-state index is 11.5. The fraction of sp³-hybridized carbons (Fsp3) is 0.462. The van der Waals surface area contributed by atoms with Gasteiger partial charge in [0.25, 0.3) is 0 Å². The molecule has 0 aliphatic rings. The summed E-state index contributed by atoms with van der Waals surface area (Å²) in [6.07, 6.45) is 0. The van der Waals surface area contributed by atoms with Gasteiger partial charge in [0, 0.05) is 25.9 Å². The van der Waals surface area contributed by atoms with E-state index in [0.29, 0.717) is 32.9 Å². The minimum atomic E-state index is -0.254. The van der Waals surface area contributed by atoms with Gasteiger partial charge in [-0.05, 0) is 17.7 Å². The number of hydrogen-bond acceptors (Lipinski definition) is 4. The minimum absolute atomic E-state index is 0.254. The first-order chi connectivity index (χ1) is 9.26. The molecule has 0 aromatic heterocycles. The largest absolute Gasteiger partial charge is 0.382 e. The number of nitrogens with one attached hydrogen (secondary N) is 2. The van der Waals surface area contributed by atoms with Gasteiger partial charge in [0.05, 0.1) is 19.8 Å². The average Bonchev–Trinajstić information content (AvgIpc) is 2.43. The molecule has 0 bridgehead atoms. The summed E-state index contributed by atoms with van der Waals surface area (Å²) in [5, 5.41) is 5.42. The van der Waals surface area contributed by atoms with Gasteiger partial charge in [0.15, 0.2) is 0 Å². The first kappa shape index (κ1) is 15.4. The zero-order chi connectivity index (χ0) is 13.9. The van der Waals surface area contributed by atoms with Crippen molar-refractivity contribution in [1.82, 2.24) is 5.32 Å². The van der Waals surface area contributed by atoms with E-state index in [1.807, 2.05) is 24.3 Å². The van der Waals surface area contributed by atoms with Gasteiger partial charge in [0.2, 0.25) is 0 Å². The van der Waals surface area contributed by atoms with E-state index >= 15 is 0 Å². The second-order valence-electron chi connectivity index (χ2n) is 3.89. The first-order valence-electron chi connectivity index (χ1n) is 6.17. The van der Waals surface area contributed by atoms with Crippen LogP contribution in [-0.4, -0.2) is 39.5 Å². The number of rotatable bonds is 8. The number of carbonyl (C=O) groups excluding carboxylic acids is 1. The quantitative estimate of drug-likeness (QED) is 0.612. The SMILES string of the molecule is COCCOCCNC(=O)Nc1ccc(CN)cc1. The number of anilines is 1. The van der Waals surface area contributed by atoms with Crippen molar-refractivity contribution in [2.24, 2.45) is 5.73 Å². The van der Waals surface area contributed by atoms with E-state index in [9.17, 15) is 4.79 Å². The molecule has 2 amide bonds. The van der Waals surface area contributed by atoms with Crippen molar-refractivity contribution in [2.75, 3.05) is 38.8 Å². The molecule has 19 heavy (non-hydrogen) atoms. The lowest BCUT2D eigenvalue weighted by Crippen LogP contribution is -2.31. The Labute approximate surface area is 113 Å². The number of nitrogens with two attached hydrogens (primary N) is 1. The summed E-state index contributed by atoms with van der Waals surface area (Å²) < 4.78 is 10.1. The van der Waals surface area contributed by atoms with Gasteiger partial charge in [-0.25, -0.2) is 4.79 Å². The van der Waals surface area contributed by atoms with E-state index < -0.39 is 0 Å². The first-order valence-corrected chi connectivity index (χ1v) is 6.17. The van der Waals surface area contributed by atoms with E-state index in [0.717, 1.165) is 11.3 Å². The summed E-state index contributed by atoms with van der Waals surface area (Å²) in [5.74, 6) is 0. The van der Waals surface area contributed by atoms with Crippen molar-refractivity contribution in [2.45, 2.75) is 6.54 Å². The normalized spacial score (nSPS) is 10.2. The molecule has 0 spiro atoms. The third-order valence-corrected chi connectivity index (χ3v) is 2.41. The Balaban J connectivity index is 2.16. The smallest absolute Gasteiger partial charge is 0.319 e. The molecule has 0 radical (unpaired) electrons. The fourth-order valence-electron chi connectivity index (χ4n) is 1.38. The zero-order valence-electron chi connectivity index (χ0n) is 11.1. The second-order valence-corrected chi connectivity index (χ2v) is 3.89. The van der Waals surface area contributed by atoms with E-state index in [4.69, 9.17) is 15.2 Å². The van der Waals surface area contributed by atoms with E-state index in [-0.39, 0.29) is 6.03 Å². The van der Waals surface area contributed by atoms with Crippen molar-refractivity contribution in [1.29, 1.82) is 0 Å². The van der Waals surface area contributed by atoms with Crippen molar-refractivity contribution >= 4 is 11.7 Å². The van der Waals surface area contributed by atoms with Gasteiger partial charge in [-0.3, -0.25) is 0 Å². The number of carbonyl (C=O) groups is 1. The topological polar surface area (TPSA) is 85.6 Å². The van der Waals surface area contributed by atoms with Crippen LogP contribution in [0.3, 0.4) is 0 Å². The van der Waals surface area contributed by atoms with Crippen LogP contribution < -0.4 is 16.4 Å². The van der Waals surface area contributed by atoms with Crippen LogP contribution in [0, 0.1) is 0 Å². The third kappa shape index (κ3) is 6.76. The monoisotopic (exact) mass is 267 g/mol. The predicted octanol–water partition coefficient (Wildman–Crippen LogP) is 0.930. The Morgan fingerprint density at radius 2 is 1.95 bits per heavy atom. The molecule has 4 N–H and O–H groups in total. The van der Waals surface area contributed by atoms with Crippen LogP contribution in [0.4, 0.5) is 10.5 Å². The molecule has 1 rings (SSSR count). The highest BCUT2D eigenvalue weighted by molar-refractivity contribution is 5.89. The lowest BCUT2D eigenvalue weighted by molar-refractivity contribution is 0.0728. The van der Waals surface area contributed by atoms with Crippen LogP contribution >= 0.6 is 0 Å². The van der Waals surface area contributed by atoms with Crippen LogP contribution in [0.5, 0.6) is 0 Å². The van der Waals surface area contributed by atoms with Crippen LogP contribution in [0.15, 0.2) is 24.3 Å². The molecular weight excluding hydrogens is 246 g/mol. The fourth-order valence-corrected chi connectivity index (χ4v) is 1.38. The molecule has 0 fully saturated rings. The Morgan fingerprint density at radius 1 is 1.21 bits per heavy atom. The van der Waals surface area contributed by atoms with Crippen molar-refractivity contribution in [3.05, 3.63) is 29.8 Å². The molecule has 6 nitrogen and oxygen atoms in total. The molecule has 6 heteroatoms. The summed E-state index contributed by atoms with van der Waals surface area (Å²) >= 11 is 0. The summed E-state index contributed by atoms with van der Waals surface area (Å²) in [4.78, 5) is 11.5. The van der Waals surface area contributed by atoms with Crippen LogP contribution in [0.25, 0.3) is 0 Å². The summed E-state index contributed by atoms with van der Waals surface area (Å²) in [6, 6.07) is 7.14. The average molecular weight is 267 g/mol. The zero-order valence-corrected chi connectivity index (χ0v) is 11.1. The highest BCUT2D eigenvalue weighted by Crippen LogP contribution is 2.08. The Bertz CT molecular complexity index is 368. The highest BCUT2D eigenvalue weighted by Gasteiger charge is 2.00. The van der Waals surface area contributed by atoms with Crippen molar-refractivity contribution in [3.63, 3.8) is 0 Å². The molecule has 0 aliphatic heterocycles. The number of hydrogen-bond donors (Lipinski definition) is 3. The van der Waals surface area contributed by atoms with Gasteiger partial charge in [-0.1, -0.05) is 12.1 Å². The molecule has 0 heterocycles. The Kier molecular flexibility index (Phi) is 7.57. The summed E-state index contributed by atoms with van der Waals surface area (Å²) in [6.45, 7) is 2.49. The van der Waals surface area contributed by atoms with Gasteiger partial charge in [0.1, 0.15) is 0 Å². The Hall–Kier alpha value is -1.63. The van der Waals surface area contributed by atoms with E-state index in [1.165, 1.54) is 0 Å². The molecule has 0 saturated heterocycles. The lowest BCUT2D eigenvalue weighted by atomic mass is 10.2. The predicted molar refractivity (Wildman–Crippen MR) is 74.0 cm³/mol. The summed E-state index contributed by atoms with van der Waals surface area (Å²) in [7, 11) is 1.62.